The van der Waals surface area contributed by atoms with E-state index in [1.165, 1.54) is 17.3 Å². The highest BCUT2D eigenvalue weighted by atomic mass is 32.2. The maximum Gasteiger partial charge on any atom is 0.255 e. The van der Waals surface area contributed by atoms with Crippen LogP contribution in [0.25, 0.3) is 4.91 Å². The van der Waals surface area contributed by atoms with E-state index in [1.807, 2.05) is 60.9 Å². The van der Waals surface area contributed by atoms with Crippen LogP contribution in [0, 0.1) is 6.92 Å². The summed E-state index contributed by atoms with van der Waals surface area (Å²) in [5.41, 5.74) is 2.45. The van der Waals surface area contributed by atoms with Crippen LogP contribution in [0.15, 0.2) is 82.1 Å². The first-order chi connectivity index (χ1) is 13.2. The molecule has 0 aliphatic heterocycles. The first kappa shape index (κ1) is 21.4. The second kappa shape index (κ2) is 11.7. The van der Waals surface area contributed by atoms with Crippen molar-refractivity contribution < 1.29 is 0 Å². The molecule has 0 amide bonds. The summed E-state index contributed by atoms with van der Waals surface area (Å²) >= 11 is 7.10. The molecule has 0 bridgehead atoms. The maximum absolute atomic E-state index is 12.4. The Morgan fingerprint density at radius 1 is 1.15 bits per heavy atom. The second-order valence-electron chi connectivity index (χ2n) is 5.47. The second-order valence-corrected chi connectivity index (χ2v) is 7.58. The van der Waals surface area contributed by atoms with Crippen molar-refractivity contribution in [3.05, 3.63) is 99.4 Å². The van der Waals surface area contributed by atoms with Gasteiger partial charge in [-0.3, -0.25) is 4.79 Å². The van der Waals surface area contributed by atoms with Gasteiger partial charge in [0.25, 0.3) is 5.56 Å². The molecule has 0 saturated carbocycles. The zero-order chi connectivity index (χ0) is 19.5. The summed E-state index contributed by atoms with van der Waals surface area (Å²) in [7, 11) is 0. The van der Waals surface area contributed by atoms with E-state index in [0.29, 0.717) is 10.7 Å². The van der Waals surface area contributed by atoms with Gasteiger partial charge < -0.3 is 4.98 Å². The van der Waals surface area contributed by atoms with Gasteiger partial charge >= 0.3 is 0 Å². The van der Waals surface area contributed by atoms with Gasteiger partial charge in [-0.15, -0.1) is 11.8 Å². The molecule has 0 atom stereocenters. The average Bonchev–Trinajstić information content (AvgIpc) is 2.69. The molecule has 1 N–H and O–H groups in total. The summed E-state index contributed by atoms with van der Waals surface area (Å²) in [6.07, 6.45) is 13.5. The molecule has 1 aromatic heterocycles. The Kier molecular flexibility index (Phi) is 9.31. The summed E-state index contributed by atoms with van der Waals surface area (Å²) in [5.74, 6) is 0.758. The van der Waals surface area contributed by atoms with E-state index >= 15 is 0 Å². The topological polar surface area (TPSA) is 45.8 Å². The Morgan fingerprint density at radius 2 is 1.85 bits per heavy atom. The van der Waals surface area contributed by atoms with Gasteiger partial charge in [0.2, 0.25) is 0 Å². The maximum atomic E-state index is 12.4. The van der Waals surface area contributed by atoms with Crippen LogP contribution >= 0.6 is 36.2 Å². The van der Waals surface area contributed by atoms with Gasteiger partial charge in [-0.2, -0.15) is 12.6 Å². The van der Waals surface area contributed by atoms with Crippen LogP contribution in [0.1, 0.15) is 16.8 Å². The molecule has 140 valence electrons. The molecular formula is C21H22N2OS3. The average molecular weight is 415 g/mol. The summed E-state index contributed by atoms with van der Waals surface area (Å²) < 4.78 is 0. The summed E-state index contributed by atoms with van der Waals surface area (Å²) in [4.78, 5) is 20.9. The monoisotopic (exact) mass is 414 g/mol. The molecule has 0 aliphatic carbocycles. The van der Waals surface area contributed by atoms with Crippen LogP contribution in [0.2, 0.25) is 0 Å². The van der Waals surface area contributed by atoms with E-state index in [2.05, 4.69) is 29.7 Å². The number of aromatic amines is 1. The summed E-state index contributed by atoms with van der Waals surface area (Å²) in [5, 5.41) is 2.30. The normalized spacial score (nSPS) is 12.6. The number of nitrogens with one attached hydrogen (secondary N) is 1. The number of hydrogen-bond donors (Lipinski definition) is 2. The first-order valence-electron chi connectivity index (χ1n) is 8.32. The Balaban J connectivity index is 2.23. The Morgan fingerprint density at radius 3 is 2.56 bits per heavy atom. The third kappa shape index (κ3) is 6.97. The lowest BCUT2D eigenvalue weighted by Crippen LogP contribution is -2.15. The molecule has 0 aliphatic rings. The number of aromatic nitrogens is 2. The zero-order valence-corrected chi connectivity index (χ0v) is 17.8. The van der Waals surface area contributed by atoms with Crippen molar-refractivity contribution in [2.24, 2.45) is 0 Å². The van der Waals surface area contributed by atoms with E-state index in [4.69, 9.17) is 4.98 Å². The summed E-state index contributed by atoms with van der Waals surface area (Å²) in [6.45, 7) is 1.80. The van der Waals surface area contributed by atoms with Gasteiger partial charge in [0, 0.05) is 16.2 Å². The van der Waals surface area contributed by atoms with Gasteiger partial charge in [0.1, 0.15) is 0 Å². The molecule has 6 heteroatoms. The van der Waals surface area contributed by atoms with Crippen molar-refractivity contribution in [2.45, 2.75) is 17.8 Å². The molecule has 0 unspecified atom stereocenters. The molecule has 1 heterocycles. The lowest BCUT2D eigenvalue weighted by atomic mass is 10.2. The summed E-state index contributed by atoms with van der Waals surface area (Å²) in [6, 6.07) is 10.1. The van der Waals surface area contributed by atoms with Crippen molar-refractivity contribution in [2.75, 3.05) is 6.26 Å². The van der Waals surface area contributed by atoms with Crippen LogP contribution in [0.3, 0.4) is 0 Å². The molecule has 2 rings (SSSR count). The molecule has 0 radical (unpaired) electrons. The van der Waals surface area contributed by atoms with Crippen molar-refractivity contribution in [1.82, 2.24) is 9.97 Å². The van der Waals surface area contributed by atoms with Crippen molar-refractivity contribution in [1.29, 1.82) is 0 Å². The van der Waals surface area contributed by atoms with Crippen LogP contribution in [0.4, 0.5) is 0 Å². The number of rotatable bonds is 8. The minimum absolute atomic E-state index is 0.0988. The standard InChI is InChI=1S/C21H22N2OS3/c1-16-19(18(26-2)13-9-4-3-5-10-14-25)22-21(23-20(16)24)27-15-17-11-7-6-8-12-17/h3-14,25H,15H2,1-2H3,(H,22,23,24)/b5-3+,9-4+,14-10-,18-13-. The van der Waals surface area contributed by atoms with Crippen molar-refractivity contribution >= 4 is 41.1 Å². The van der Waals surface area contributed by atoms with Gasteiger partial charge in [-0.05, 0) is 30.2 Å². The predicted octanol–water partition coefficient (Wildman–Crippen LogP) is 5.63. The fourth-order valence-corrected chi connectivity index (χ4v) is 3.70. The molecule has 2 aromatic rings. The molecule has 3 nitrogen and oxygen atoms in total. The van der Waals surface area contributed by atoms with Crippen LogP contribution < -0.4 is 5.56 Å². The highest BCUT2D eigenvalue weighted by Gasteiger charge is 2.11. The van der Waals surface area contributed by atoms with Gasteiger partial charge in [0.15, 0.2) is 5.16 Å². The number of H-pyrrole nitrogens is 1. The molecule has 0 spiro atoms. The molecule has 0 saturated heterocycles. The number of hydrogen-bond acceptors (Lipinski definition) is 5. The zero-order valence-electron chi connectivity index (χ0n) is 15.3. The van der Waals surface area contributed by atoms with E-state index in [-0.39, 0.29) is 5.56 Å². The van der Waals surface area contributed by atoms with Crippen LogP contribution in [-0.2, 0) is 5.75 Å². The van der Waals surface area contributed by atoms with E-state index in [9.17, 15) is 4.79 Å². The molecule has 0 fully saturated rings. The highest BCUT2D eigenvalue weighted by molar-refractivity contribution is 8.07. The molecule has 1 aromatic carbocycles. The number of benzene rings is 1. The van der Waals surface area contributed by atoms with Crippen LogP contribution in [-0.4, -0.2) is 16.2 Å². The van der Waals surface area contributed by atoms with Gasteiger partial charge in [-0.1, -0.05) is 72.5 Å². The first-order valence-corrected chi connectivity index (χ1v) is 11.0. The largest absolute Gasteiger partial charge is 0.301 e. The third-order valence-corrected chi connectivity index (χ3v) is 5.47. The third-order valence-electron chi connectivity index (χ3n) is 3.58. The van der Waals surface area contributed by atoms with Crippen molar-refractivity contribution in [3.63, 3.8) is 0 Å². The number of nitrogens with zero attached hydrogens (tertiary/aromatic N) is 1. The molecular weight excluding hydrogens is 392 g/mol. The fourth-order valence-electron chi connectivity index (χ4n) is 2.17. The predicted molar refractivity (Wildman–Crippen MR) is 123 cm³/mol. The quantitative estimate of drug-likeness (QED) is 0.254. The van der Waals surface area contributed by atoms with Crippen LogP contribution in [0.5, 0.6) is 0 Å². The fraction of sp³-hybridized carbons (Fsp3) is 0.143. The Labute approximate surface area is 174 Å². The van der Waals surface area contributed by atoms with E-state index in [1.54, 1.807) is 24.1 Å². The number of thioether (sulfide) groups is 2. The Bertz CT molecular complexity index is 913. The smallest absolute Gasteiger partial charge is 0.255 e. The molecule has 27 heavy (non-hydrogen) atoms. The van der Waals surface area contributed by atoms with E-state index in [0.717, 1.165) is 16.4 Å². The van der Waals surface area contributed by atoms with Crippen molar-refractivity contribution in [3.8, 4) is 0 Å². The highest BCUT2D eigenvalue weighted by Crippen LogP contribution is 2.27. The number of allylic oxidation sites excluding steroid dienone is 6. The Hall–Kier alpha value is -1.89. The minimum Gasteiger partial charge on any atom is -0.301 e. The minimum atomic E-state index is -0.0988. The van der Waals surface area contributed by atoms with Gasteiger partial charge in [-0.25, -0.2) is 4.98 Å². The SMILES string of the molecule is CS\C(=C/C=C/C=C/C=C\S)c1nc(SCc2ccccc2)[nH]c(=O)c1C. The van der Waals surface area contributed by atoms with E-state index < -0.39 is 0 Å². The lowest BCUT2D eigenvalue weighted by Gasteiger charge is -2.09. The van der Waals surface area contributed by atoms with Gasteiger partial charge in [0.05, 0.1) is 5.69 Å². The lowest BCUT2D eigenvalue weighted by molar-refractivity contribution is 0.906. The number of thiol groups is 1.